The van der Waals surface area contributed by atoms with Crippen molar-refractivity contribution in [3.05, 3.63) is 76.3 Å². The standard InChI is InChI=1S/C24H18F3N3O3/c25-24(26,27)14-3-1-4-15(10-14)30-17-5-2-6-18(31)22(17)21(16(11-28)23(30)29)13-7-8-19-20(9-13)33-12-32-19/h1,3-4,7-10,21H,2,5-6,12,29H2/t21-/m0/s1. The molecule has 1 atom stereocenters. The van der Waals surface area contributed by atoms with Gasteiger partial charge in [0.15, 0.2) is 17.3 Å². The summed E-state index contributed by atoms with van der Waals surface area (Å²) >= 11 is 0. The van der Waals surface area contributed by atoms with E-state index in [1.807, 2.05) is 0 Å². The molecule has 33 heavy (non-hydrogen) atoms. The Balaban J connectivity index is 1.71. The number of nitrogens with zero attached hydrogens (tertiary/aromatic N) is 2. The molecule has 2 aromatic carbocycles. The van der Waals surface area contributed by atoms with Crippen molar-refractivity contribution in [3.63, 3.8) is 0 Å². The number of nitrogens with two attached hydrogens (primary N) is 1. The van der Waals surface area contributed by atoms with Crippen LogP contribution in [0.15, 0.2) is 65.1 Å². The number of allylic oxidation sites excluding steroid dienone is 3. The quantitative estimate of drug-likeness (QED) is 0.707. The lowest BCUT2D eigenvalue weighted by atomic mass is 9.75. The van der Waals surface area contributed by atoms with Gasteiger partial charge in [-0.05, 0) is 48.7 Å². The number of alkyl halides is 3. The van der Waals surface area contributed by atoms with Gasteiger partial charge in [-0.3, -0.25) is 9.69 Å². The highest BCUT2D eigenvalue weighted by atomic mass is 19.4. The van der Waals surface area contributed by atoms with Crippen molar-refractivity contribution in [2.45, 2.75) is 31.4 Å². The fourth-order valence-corrected chi connectivity index (χ4v) is 4.63. The fraction of sp³-hybridized carbons (Fsp3) is 0.250. The molecule has 3 aliphatic rings. The lowest BCUT2D eigenvalue weighted by Crippen LogP contribution is -2.38. The van der Waals surface area contributed by atoms with E-state index in [9.17, 15) is 23.2 Å². The van der Waals surface area contributed by atoms with Crippen molar-refractivity contribution in [2.75, 3.05) is 11.7 Å². The number of ketones is 1. The molecule has 1 aliphatic carbocycles. The van der Waals surface area contributed by atoms with E-state index in [4.69, 9.17) is 15.2 Å². The molecule has 2 aliphatic heterocycles. The third kappa shape index (κ3) is 3.39. The third-order valence-corrected chi connectivity index (χ3v) is 6.07. The number of carbonyl (C=O) groups excluding carboxylic acids is 1. The molecule has 0 aromatic heterocycles. The lowest BCUT2D eigenvalue weighted by molar-refractivity contribution is -0.137. The molecule has 0 spiro atoms. The summed E-state index contributed by atoms with van der Waals surface area (Å²) in [4.78, 5) is 14.5. The number of ether oxygens (including phenoxy) is 2. The molecule has 6 nitrogen and oxygen atoms in total. The third-order valence-electron chi connectivity index (χ3n) is 6.07. The van der Waals surface area contributed by atoms with Gasteiger partial charge >= 0.3 is 6.18 Å². The van der Waals surface area contributed by atoms with Crippen LogP contribution < -0.4 is 20.1 Å². The minimum absolute atomic E-state index is 0.00735. The summed E-state index contributed by atoms with van der Waals surface area (Å²) < 4.78 is 50.9. The Labute approximate surface area is 187 Å². The smallest absolute Gasteiger partial charge is 0.416 e. The summed E-state index contributed by atoms with van der Waals surface area (Å²) in [6, 6.07) is 12.0. The van der Waals surface area contributed by atoms with Crippen molar-refractivity contribution >= 4 is 11.5 Å². The average molecular weight is 453 g/mol. The average Bonchev–Trinajstić information content (AvgIpc) is 3.26. The summed E-state index contributed by atoms with van der Waals surface area (Å²) in [6.07, 6.45) is -3.28. The molecule has 5 rings (SSSR count). The summed E-state index contributed by atoms with van der Waals surface area (Å²) in [5, 5.41) is 10.0. The molecular weight excluding hydrogens is 435 g/mol. The zero-order chi connectivity index (χ0) is 23.3. The maximum atomic E-state index is 13.4. The van der Waals surface area contributed by atoms with Crippen LogP contribution in [0, 0.1) is 11.3 Å². The number of hydrogen-bond acceptors (Lipinski definition) is 6. The van der Waals surface area contributed by atoms with E-state index in [0.29, 0.717) is 41.2 Å². The van der Waals surface area contributed by atoms with E-state index in [2.05, 4.69) is 6.07 Å². The highest BCUT2D eigenvalue weighted by molar-refractivity contribution is 6.01. The molecule has 0 fully saturated rings. The van der Waals surface area contributed by atoms with E-state index in [-0.39, 0.29) is 36.1 Å². The van der Waals surface area contributed by atoms with Gasteiger partial charge in [-0.1, -0.05) is 12.1 Å². The van der Waals surface area contributed by atoms with E-state index in [0.717, 1.165) is 12.1 Å². The maximum absolute atomic E-state index is 13.4. The van der Waals surface area contributed by atoms with Gasteiger partial charge in [0.2, 0.25) is 6.79 Å². The Morgan fingerprint density at radius 2 is 1.88 bits per heavy atom. The van der Waals surface area contributed by atoms with Gasteiger partial charge < -0.3 is 15.2 Å². The second-order valence-corrected chi connectivity index (χ2v) is 7.98. The Bertz CT molecular complexity index is 1270. The SMILES string of the molecule is N#CC1=C(N)N(c2cccc(C(F)(F)F)c2)C2=C(C(=O)CCC2)[C@H]1c1ccc2c(c1)OCO2. The molecule has 2 aromatic rings. The first kappa shape index (κ1) is 20.9. The van der Waals surface area contributed by atoms with Crippen molar-refractivity contribution in [3.8, 4) is 17.6 Å². The monoisotopic (exact) mass is 453 g/mol. The van der Waals surface area contributed by atoms with Crippen LogP contribution >= 0.6 is 0 Å². The first-order chi connectivity index (χ1) is 15.8. The van der Waals surface area contributed by atoms with E-state index in [1.165, 1.54) is 17.0 Å². The minimum atomic E-state index is -4.54. The van der Waals surface area contributed by atoms with Gasteiger partial charge in [-0.25, -0.2) is 0 Å². The highest BCUT2D eigenvalue weighted by Crippen LogP contribution is 2.48. The molecule has 9 heteroatoms. The number of halogens is 3. The second kappa shape index (κ2) is 7.59. The molecular formula is C24H18F3N3O3. The number of hydrogen-bond donors (Lipinski definition) is 1. The second-order valence-electron chi connectivity index (χ2n) is 7.98. The van der Waals surface area contributed by atoms with Crippen molar-refractivity contribution in [1.82, 2.24) is 0 Å². The predicted octanol–water partition coefficient (Wildman–Crippen LogP) is 4.74. The van der Waals surface area contributed by atoms with Gasteiger partial charge in [0, 0.05) is 23.4 Å². The molecule has 0 amide bonds. The Hall–Kier alpha value is -3.93. The van der Waals surface area contributed by atoms with Gasteiger partial charge in [0.1, 0.15) is 5.82 Å². The molecule has 0 radical (unpaired) electrons. The highest BCUT2D eigenvalue weighted by Gasteiger charge is 2.41. The van der Waals surface area contributed by atoms with Gasteiger partial charge in [-0.2, -0.15) is 18.4 Å². The number of rotatable bonds is 2. The lowest BCUT2D eigenvalue weighted by Gasteiger charge is -2.39. The fourth-order valence-electron chi connectivity index (χ4n) is 4.63. The molecule has 2 N–H and O–H groups in total. The first-order valence-corrected chi connectivity index (χ1v) is 10.3. The molecule has 0 unspecified atom stereocenters. The van der Waals surface area contributed by atoms with Crippen molar-refractivity contribution < 1.29 is 27.4 Å². The Morgan fingerprint density at radius 3 is 2.64 bits per heavy atom. The van der Waals surface area contributed by atoms with Gasteiger partial charge in [0.25, 0.3) is 0 Å². The molecule has 0 bridgehead atoms. The topological polar surface area (TPSA) is 88.6 Å². The molecule has 0 saturated carbocycles. The normalized spacial score (nSPS) is 20.1. The number of benzene rings is 2. The number of fused-ring (bicyclic) bond motifs is 1. The summed E-state index contributed by atoms with van der Waals surface area (Å²) in [7, 11) is 0. The van der Waals surface area contributed by atoms with E-state index >= 15 is 0 Å². The summed E-state index contributed by atoms with van der Waals surface area (Å²) in [5.74, 6) is 0.160. The van der Waals surface area contributed by atoms with Gasteiger partial charge in [0.05, 0.1) is 23.1 Å². The Morgan fingerprint density at radius 1 is 1.09 bits per heavy atom. The van der Waals surface area contributed by atoms with Crippen LogP contribution in [0.3, 0.4) is 0 Å². The molecule has 2 heterocycles. The number of carbonyl (C=O) groups is 1. The minimum Gasteiger partial charge on any atom is -0.454 e. The van der Waals surface area contributed by atoms with E-state index in [1.54, 1.807) is 18.2 Å². The Kier molecular flexibility index (Phi) is 4.81. The van der Waals surface area contributed by atoms with Crippen molar-refractivity contribution in [2.24, 2.45) is 5.73 Å². The van der Waals surface area contributed by atoms with Crippen LogP contribution in [-0.2, 0) is 11.0 Å². The summed E-state index contributed by atoms with van der Waals surface area (Å²) in [6.45, 7) is 0.0722. The van der Waals surface area contributed by atoms with Crippen molar-refractivity contribution in [1.29, 1.82) is 5.26 Å². The number of anilines is 1. The van der Waals surface area contributed by atoms with Gasteiger partial charge in [-0.15, -0.1) is 0 Å². The molecule has 168 valence electrons. The maximum Gasteiger partial charge on any atom is 0.416 e. The largest absolute Gasteiger partial charge is 0.454 e. The van der Waals surface area contributed by atoms with Crippen LogP contribution in [0.4, 0.5) is 18.9 Å². The molecule has 0 saturated heterocycles. The van der Waals surface area contributed by atoms with Crippen LogP contribution in [-0.4, -0.2) is 12.6 Å². The summed E-state index contributed by atoms with van der Waals surface area (Å²) in [5.41, 5.74) is 7.36. The first-order valence-electron chi connectivity index (χ1n) is 10.3. The van der Waals surface area contributed by atoms with E-state index < -0.39 is 17.7 Å². The zero-order valence-electron chi connectivity index (χ0n) is 17.3. The van der Waals surface area contributed by atoms with Crippen LogP contribution in [0.25, 0.3) is 0 Å². The van der Waals surface area contributed by atoms with Crippen LogP contribution in [0.1, 0.15) is 36.3 Å². The zero-order valence-corrected chi connectivity index (χ0v) is 17.3. The van der Waals surface area contributed by atoms with Crippen LogP contribution in [0.5, 0.6) is 11.5 Å². The van der Waals surface area contributed by atoms with Crippen LogP contribution in [0.2, 0.25) is 0 Å². The number of nitriles is 1. The number of Topliss-reactive ketones (excluding diaryl/α,β-unsaturated/α-hetero) is 1. The predicted molar refractivity (Wildman–Crippen MR) is 112 cm³/mol.